The van der Waals surface area contributed by atoms with Gasteiger partial charge in [0.05, 0.1) is 4.92 Å². The van der Waals surface area contributed by atoms with Crippen LogP contribution < -0.4 is 10.1 Å². The maximum atomic E-state index is 12.2. The maximum absolute atomic E-state index is 12.2. The largest absolute Gasteiger partial charge is 0.457 e. The summed E-state index contributed by atoms with van der Waals surface area (Å²) < 4.78 is 5.69. The van der Waals surface area contributed by atoms with Crippen molar-refractivity contribution in [2.24, 2.45) is 0 Å². The molecule has 0 unspecified atom stereocenters. The minimum Gasteiger partial charge on any atom is -0.457 e. The molecule has 130 valence electrons. The summed E-state index contributed by atoms with van der Waals surface area (Å²) in [6.07, 6.45) is 0. The molecule has 0 aliphatic carbocycles. The second-order valence-electron chi connectivity index (χ2n) is 5.55. The van der Waals surface area contributed by atoms with Crippen molar-refractivity contribution in [1.82, 2.24) is 5.32 Å². The number of non-ortho nitro benzene ring substituents is 1. The molecule has 0 spiro atoms. The van der Waals surface area contributed by atoms with E-state index in [-0.39, 0.29) is 11.6 Å². The lowest BCUT2D eigenvalue weighted by Crippen LogP contribution is -2.22. The molecule has 0 aliphatic heterocycles. The standard InChI is InChI=1S/C20H16N2O4/c23-20(21-14-15-6-10-17(11-7-15)22(24)25)16-8-12-19(13-9-16)26-18-4-2-1-3-5-18/h1-13H,14H2,(H,21,23). The number of rotatable bonds is 6. The van der Waals surface area contributed by atoms with E-state index < -0.39 is 4.92 Å². The van der Waals surface area contributed by atoms with Gasteiger partial charge in [0.1, 0.15) is 11.5 Å². The summed E-state index contributed by atoms with van der Waals surface area (Å²) >= 11 is 0. The van der Waals surface area contributed by atoms with Crippen LogP contribution >= 0.6 is 0 Å². The Labute approximate surface area is 150 Å². The molecule has 0 bridgehead atoms. The van der Waals surface area contributed by atoms with Crippen LogP contribution in [0.4, 0.5) is 5.69 Å². The van der Waals surface area contributed by atoms with Crippen molar-refractivity contribution in [3.63, 3.8) is 0 Å². The molecule has 1 N–H and O–H groups in total. The first-order chi connectivity index (χ1) is 12.6. The molecule has 0 saturated carbocycles. The van der Waals surface area contributed by atoms with E-state index >= 15 is 0 Å². The highest BCUT2D eigenvalue weighted by atomic mass is 16.6. The number of nitrogens with zero attached hydrogens (tertiary/aromatic N) is 1. The molecule has 0 atom stereocenters. The zero-order chi connectivity index (χ0) is 18.4. The zero-order valence-corrected chi connectivity index (χ0v) is 13.8. The van der Waals surface area contributed by atoms with E-state index in [0.717, 1.165) is 11.3 Å². The number of nitro groups is 1. The lowest BCUT2D eigenvalue weighted by molar-refractivity contribution is -0.384. The third-order valence-corrected chi connectivity index (χ3v) is 3.70. The SMILES string of the molecule is O=C(NCc1ccc([N+](=O)[O-])cc1)c1ccc(Oc2ccccc2)cc1. The Morgan fingerprint density at radius 1 is 0.885 bits per heavy atom. The summed E-state index contributed by atoms with van der Waals surface area (Å²) in [7, 11) is 0. The molecule has 0 heterocycles. The fourth-order valence-corrected chi connectivity index (χ4v) is 2.32. The number of benzene rings is 3. The Hall–Kier alpha value is -3.67. The van der Waals surface area contributed by atoms with Gasteiger partial charge >= 0.3 is 0 Å². The number of amides is 1. The van der Waals surface area contributed by atoms with E-state index in [2.05, 4.69) is 5.32 Å². The van der Waals surface area contributed by atoms with Crippen LogP contribution in [-0.2, 0) is 6.54 Å². The van der Waals surface area contributed by atoms with Crippen molar-refractivity contribution in [2.45, 2.75) is 6.54 Å². The quantitative estimate of drug-likeness (QED) is 0.531. The molecule has 0 radical (unpaired) electrons. The van der Waals surface area contributed by atoms with E-state index in [1.165, 1.54) is 12.1 Å². The molecule has 0 aromatic heterocycles. The molecule has 6 nitrogen and oxygen atoms in total. The lowest BCUT2D eigenvalue weighted by atomic mass is 10.1. The molecule has 1 amide bonds. The predicted molar refractivity (Wildman–Crippen MR) is 97.2 cm³/mol. The summed E-state index contributed by atoms with van der Waals surface area (Å²) in [5.41, 5.74) is 1.31. The molecule has 26 heavy (non-hydrogen) atoms. The molecule has 6 heteroatoms. The number of carbonyl (C=O) groups is 1. The number of para-hydroxylation sites is 1. The van der Waals surface area contributed by atoms with Gasteiger partial charge in [-0.05, 0) is 42.0 Å². The number of nitro benzene ring substituents is 1. The first kappa shape index (κ1) is 17.2. The van der Waals surface area contributed by atoms with Gasteiger partial charge in [-0.3, -0.25) is 14.9 Å². The number of ether oxygens (including phenoxy) is 1. The average Bonchev–Trinajstić information content (AvgIpc) is 2.68. The Morgan fingerprint density at radius 2 is 1.50 bits per heavy atom. The summed E-state index contributed by atoms with van der Waals surface area (Å²) in [5, 5.41) is 13.4. The normalized spacial score (nSPS) is 10.2. The van der Waals surface area contributed by atoms with Crippen molar-refractivity contribution >= 4 is 11.6 Å². The summed E-state index contributed by atoms with van der Waals surface area (Å²) in [6, 6.07) is 22.3. The molecular weight excluding hydrogens is 332 g/mol. The van der Waals surface area contributed by atoms with Gasteiger partial charge in [0.25, 0.3) is 11.6 Å². The summed E-state index contributed by atoms with van der Waals surface area (Å²) in [5.74, 6) is 1.14. The fraction of sp³-hybridized carbons (Fsp3) is 0.0500. The molecule has 0 aliphatic rings. The summed E-state index contributed by atoms with van der Waals surface area (Å²) in [6.45, 7) is 0.291. The van der Waals surface area contributed by atoms with Crippen LogP contribution in [0.25, 0.3) is 0 Å². The minimum atomic E-state index is -0.457. The number of nitrogens with one attached hydrogen (secondary N) is 1. The van der Waals surface area contributed by atoms with Gasteiger partial charge in [-0.2, -0.15) is 0 Å². The Kier molecular flexibility index (Phi) is 5.24. The Bertz CT molecular complexity index is 891. The molecule has 0 fully saturated rings. The topological polar surface area (TPSA) is 81.5 Å². The van der Waals surface area contributed by atoms with Crippen LogP contribution in [-0.4, -0.2) is 10.8 Å². The van der Waals surface area contributed by atoms with E-state index in [1.807, 2.05) is 30.3 Å². The average molecular weight is 348 g/mol. The van der Waals surface area contributed by atoms with Gasteiger partial charge in [0.15, 0.2) is 0 Å². The van der Waals surface area contributed by atoms with Crippen molar-refractivity contribution in [3.05, 3.63) is 100 Å². The van der Waals surface area contributed by atoms with Crippen LogP contribution in [0.2, 0.25) is 0 Å². The zero-order valence-electron chi connectivity index (χ0n) is 13.8. The third kappa shape index (κ3) is 4.45. The minimum absolute atomic E-state index is 0.0223. The van der Waals surface area contributed by atoms with Crippen molar-refractivity contribution in [2.75, 3.05) is 0 Å². The second-order valence-corrected chi connectivity index (χ2v) is 5.55. The van der Waals surface area contributed by atoms with Crippen molar-refractivity contribution in [1.29, 1.82) is 0 Å². The van der Waals surface area contributed by atoms with Gasteiger partial charge < -0.3 is 10.1 Å². The first-order valence-corrected chi connectivity index (χ1v) is 7.96. The van der Waals surface area contributed by atoms with Gasteiger partial charge in [0, 0.05) is 24.2 Å². The molecule has 3 aromatic rings. The smallest absolute Gasteiger partial charge is 0.269 e. The van der Waals surface area contributed by atoms with E-state index in [4.69, 9.17) is 4.74 Å². The van der Waals surface area contributed by atoms with Gasteiger partial charge in [-0.25, -0.2) is 0 Å². The highest BCUT2D eigenvalue weighted by Gasteiger charge is 2.07. The van der Waals surface area contributed by atoms with E-state index in [1.54, 1.807) is 36.4 Å². The first-order valence-electron chi connectivity index (χ1n) is 7.96. The maximum Gasteiger partial charge on any atom is 0.269 e. The monoisotopic (exact) mass is 348 g/mol. The van der Waals surface area contributed by atoms with Crippen molar-refractivity contribution < 1.29 is 14.5 Å². The van der Waals surface area contributed by atoms with Crippen LogP contribution in [0, 0.1) is 10.1 Å². The Morgan fingerprint density at radius 3 is 2.12 bits per heavy atom. The molecular formula is C20H16N2O4. The van der Waals surface area contributed by atoms with Gasteiger partial charge in [-0.1, -0.05) is 30.3 Å². The van der Waals surface area contributed by atoms with E-state index in [0.29, 0.717) is 17.9 Å². The molecule has 0 saturated heterocycles. The van der Waals surface area contributed by atoms with Crippen molar-refractivity contribution in [3.8, 4) is 11.5 Å². The fourth-order valence-electron chi connectivity index (χ4n) is 2.32. The Balaban J connectivity index is 1.57. The molecule has 3 aromatic carbocycles. The number of carbonyl (C=O) groups excluding carboxylic acids is 1. The lowest BCUT2D eigenvalue weighted by Gasteiger charge is -2.08. The highest BCUT2D eigenvalue weighted by molar-refractivity contribution is 5.94. The highest BCUT2D eigenvalue weighted by Crippen LogP contribution is 2.21. The third-order valence-electron chi connectivity index (χ3n) is 3.70. The number of hydrogen-bond donors (Lipinski definition) is 1. The molecule has 3 rings (SSSR count). The summed E-state index contributed by atoms with van der Waals surface area (Å²) in [4.78, 5) is 22.4. The van der Waals surface area contributed by atoms with Crippen LogP contribution in [0.5, 0.6) is 11.5 Å². The van der Waals surface area contributed by atoms with Crippen LogP contribution in [0.1, 0.15) is 15.9 Å². The number of hydrogen-bond acceptors (Lipinski definition) is 4. The predicted octanol–water partition coefficient (Wildman–Crippen LogP) is 4.32. The van der Waals surface area contributed by atoms with Crippen LogP contribution in [0.3, 0.4) is 0 Å². The van der Waals surface area contributed by atoms with Gasteiger partial charge in [0.2, 0.25) is 0 Å². The van der Waals surface area contributed by atoms with Crippen LogP contribution in [0.15, 0.2) is 78.9 Å². The van der Waals surface area contributed by atoms with E-state index in [9.17, 15) is 14.9 Å². The van der Waals surface area contributed by atoms with Gasteiger partial charge in [-0.15, -0.1) is 0 Å². The second kappa shape index (κ2) is 7.94.